The first-order valence-corrected chi connectivity index (χ1v) is 13.6. The predicted octanol–water partition coefficient (Wildman–Crippen LogP) is 7.56. The van der Waals surface area contributed by atoms with E-state index in [9.17, 15) is 0 Å². The molecular weight excluding hydrogens is 456 g/mol. The molecule has 0 amide bonds. The van der Waals surface area contributed by atoms with Crippen molar-refractivity contribution < 1.29 is 0 Å². The number of rotatable bonds is 9. The average molecular weight is 495 g/mol. The fourth-order valence-electron chi connectivity index (χ4n) is 5.27. The summed E-state index contributed by atoms with van der Waals surface area (Å²) < 4.78 is 0. The van der Waals surface area contributed by atoms with E-state index in [4.69, 9.17) is 9.98 Å². The molecule has 1 saturated heterocycles. The summed E-state index contributed by atoms with van der Waals surface area (Å²) in [6.45, 7) is 14.4. The Labute approximate surface area is 220 Å². The van der Waals surface area contributed by atoms with Gasteiger partial charge in [-0.1, -0.05) is 64.1 Å². The number of benzene rings is 2. The summed E-state index contributed by atoms with van der Waals surface area (Å²) in [7, 11) is 0. The van der Waals surface area contributed by atoms with Crippen LogP contribution in [0.25, 0.3) is 33.4 Å². The maximum absolute atomic E-state index is 5.09. The quantitative estimate of drug-likeness (QED) is 0.236. The molecule has 2 aromatic carbocycles. The van der Waals surface area contributed by atoms with Gasteiger partial charge in [-0.25, -0.2) is 9.97 Å². The minimum absolute atomic E-state index is 0.117. The Bertz CT molecular complexity index is 1380. The lowest BCUT2D eigenvalue weighted by molar-refractivity contribution is 0.278. The van der Waals surface area contributed by atoms with Crippen LogP contribution >= 0.6 is 0 Å². The van der Waals surface area contributed by atoms with Gasteiger partial charge in [-0.05, 0) is 60.9 Å². The van der Waals surface area contributed by atoms with Gasteiger partial charge in [0.2, 0.25) is 0 Å². The van der Waals surface area contributed by atoms with E-state index in [2.05, 4.69) is 96.6 Å². The zero-order valence-corrected chi connectivity index (χ0v) is 22.5. The highest BCUT2D eigenvalue weighted by Crippen LogP contribution is 2.37. The number of hydrogen-bond acceptors (Lipinski definition) is 4. The Hall–Kier alpha value is -3.67. The molecule has 3 atom stereocenters. The standard InChI is InChI=1S/C31H38N6/c1-6-20(3)30(34-21(4)7-2)22(5)37-16-8-9-29(37)31-35-26-15-14-25(17-27(26)36-31)23-10-12-24(13-11-23)28-18-32-19-33-28/h10-15,17-20,29-30H,5-9,16H2,1-4H3,(H,32,33)(H,35,36)/t20-,29-,30-/m0/s1. The number of fused-ring (bicyclic) bond motifs is 1. The number of H-pyrrole nitrogens is 2. The molecule has 1 aliphatic rings. The molecule has 1 fully saturated rings. The highest BCUT2D eigenvalue weighted by Gasteiger charge is 2.33. The molecule has 0 saturated carbocycles. The summed E-state index contributed by atoms with van der Waals surface area (Å²) in [6.07, 6.45) is 7.82. The Kier molecular flexibility index (Phi) is 7.26. The van der Waals surface area contributed by atoms with Gasteiger partial charge >= 0.3 is 0 Å². The van der Waals surface area contributed by atoms with Gasteiger partial charge in [0, 0.05) is 18.0 Å². The lowest BCUT2D eigenvalue weighted by Crippen LogP contribution is -2.32. The number of imidazole rings is 2. The Balaban J connectivity index is 1.40. The fourth-order valence-corrected chi connectivity index (χ4v) is 5.27. The van der Waals surface area contributed by atoms with E-state index in [1.807, 2.05) is 6.20 Å². The molecule has 37 heavy (non-hydrogen) atoms. The zero-order valence-electron chi connectivity index (χ0n) is 22.5. The van der Waals surface area contributed by atoms with E-state index >= 15 is 0 Å². The number of aromatic amines is 2. The average Bonchev–Trinajstić information content (AvgIpc) is 3.71. The molecule has 0 bridgehead atoms. The van der Waals surface area contributed by atoms with E-state index in [1.165, 1.54) is 16.8 Å². The molecule has 6 heteroatoms. The molecule has 0 unspecified atom stereocenters. The van der Waals surface area contributed by atoms with Crippen LogP contribution in [0.5, 0.6) is 0 Å². The van der Waals surface area contributed by atoms with Crippen LogP contribution in [-0.2, 0) is 0 Å². The Morgan fingerprint density at radius 1 is 1.14 bits per heavy atom. The van der Waals surface area contributed by atoms with Crippen molar-refractivity contribution in [1.82, 2.24) is 24.8 Å². The second-order valence-corrected chi connectivity index (χ2v) is 10.3. The smallest absolute Gasteiger partial charge is 0.130 e. The second-order valence-electron chi connectivity index (χ2n) is 10.3. The largest absolute Gasteiger partial charge is 0.363 e. The Morgan fingerprint density at radius 2 is 1.89 bits per heavy atom. The van der Waals surface area contributed by atoms with Crippen LogP contribution in [0.4, 0.5) is 0 Å². The van der Waals surface area contributed by atoms with Gasteiger partial charge in [0.1, 0.15) is 5.82 Å². The Morgan fingerprint density at radius 3 is 2.59 bits per heavy atom. The van der Waals surface area contributed by atoms with Crippen molar-refractivity contribution in [3.8, 4) is 22.4 Å². The van der Waals surface area contributed by atoms with Crippen molar-refractivity contribution >= 4 is 16.7 Å². The summed E-state index contributed by atoms with van der Waals surface area (Å²) in [6, 6.07) is 15.4. The number of aromatic nitrogens is 4. The normalized spacial score (nSPS) is 17.9. The predicted molar refractivity (Wildman–Crippen MR) is 154 cm³/mol. The second kappa shape index (κ2) is 10.8. The third-order valence-electron chi connectivity index (χ3n) is 7.86. The lowest BCUT2D eigenvalue weighted by atomic mass is 9.95. The van der Waals surface area contributed by atoms with Crippen LogP contribution in [-0.4, -0.2) is 43.1 Å². The van der Waals surface area contributed by atoms with E-state index in [1.54, 1.807) is 6.33 Å². The van der Waals surface area contributed by atoms with Crippen molar-refractivity contribution in [1.29, 1.82) is 0 Å². The van der Waals surface area contributed by atoms with E-state index < -0.39 is 0 Å². The molecular formula is C31H38N6. The first-order valence-electron chi connectivity index (χ1n) is 13.6. The number of hydrogen-bond donors (Lipinski definition) is 2. The summed E-state index contributed by atoms with van der Waals surface area (Å²) >= 11 is 0. The van der Waals surface area contributed by atoms with Gasteiger partial charge in [-0.3, -0.25) is 4.99 Å². The monoisotopic (exact) mass is 494 g/mol. The molecule has 4 aromatic rings. The molecule has 5 rings (SSSR count). The first-order chi connectivity index (χ1) is 18.0. The number of aliphatic imine (C=N–C) groups is 1. The number of likely N-dealkylation sites (tertiary alicyclic amines) is 1. The molecule has 6 nitrogen and oxygen atoms in total. The van der Waals surface area contributed by atoms with Gasteiger partial charge in [0.05, 0.1) is 41.3 Å². The van der Waals surface area contributed by atoms with Crippen molar-refractivity contribution in [3.05, 3.63) is 73.1 Å². The van der Waals surface area contributed by atoms with Crippen LogP contribution in [0.1, 0.15) is 65.2 Å². The third-order valence-corrected chi connectivity index (χ3v) is 7.86. The molecule has 1 aliphatic heterocycles. The number of nitrogens with zero attached hydrogens (tertiary/aromatic N) is 4. The summed E-state index contributed by atoms with van der Waals surface area (Å²) in [5, 5.41) is 0. The summed E-state index contributed by atoms with van der Waals surface area (Å²) in [5.41, 5.74) is 8.89. The molecule has 192 valence electrons. The maximum Gasteiger partial charge on any atom is 0.130 e. The topological polar surface area (TPSA) is 73.0 Å². The molecule has 2 N–H and O–H groups in total. The van der Waals surface area contributed by atoms with Crippen LogP contribution in [0, 0.1) is 5.92 Å². The van der Waals surface area contributed by atoms with Gasteiger partial charge in [0.25, 0.3) is 0 Å². The van der Waals surface area contributed by atoms with E-state index in [-0.39, 0.29) is 12.1 Å². The fraction of sp³-hybridized carbons (Fsp3) is 0.387. The number of nitrogens with one attached hydrogen (secondary N) is 2. The lowest BCUT2D eigenvalue weighted by Gasteiger charge is -2.33. The highest BCUT2D eigenvalue weighted by molar-refractivity contribution is 5.83. The van der Waals surface area contributed by atoms with Crippen molar-refractivity contribution in [3.63, 3.8) is 0 Å². The van der Waals surface area contributed by atoms with Crippen molar-refractivity contribution in [2.24, 2.45) is 10.9 Å². The SMILES string of the molecule is C=C([C@@H](N=C(C)CC)[C@@H](C)CC)N1CCC[C@H]1c1nc2ccc(-c3ccc(-c4cnc[nH]4)cc3)cc2[nH]1. The zero-order chi connectivity index (χ0) is 25.9. The van der Waals surface area contributed by atoms with E-state index in [0.29, 0.717) is 5.92 Å². The first kappa shape index (κ1) is 25.0. The third kappa shape index (κ3) is 5.10. The van der Waals surface area contributed by atoms with Crippen LogP contribution in [0.2, 0.25) is 0 Å². The van der Waals surface area contributed by atoms with Crippen molar-refractivity contribution in [2.75, 3.05) is 6.54 Å². The summed E-state index contributed by atoms with van der Waals surface area (Å²) in [4.78, 5) is 23.5. The molecule has 0 radical (unpaired) electrons. The van der Waals surface area contributed by atoms with Gasteiger partial charge < -0.3 is 14.9 Å². The van der Waals surface area contributed by atoms with Crippen molar-refractivity contribution in [2.45, 2.75) is 65.5 Å². The van der Waals surface area contributed by atoms with Crippen LogP contribution < -0.4 is 0 Å². The van der Waals surface area contributed by atoms with E-state index in [0.717, 1.165) is 66.0 Å². The van der Waals surface area contributed by atoms with Gasteiger partial charge in [0.15, 0.2) is 0 Å². The van der Waals surface area contributed by atoms with Gasteiger partial charge in [-0.2, -0.15) is 0 Å². The van der Waals surface area contributed by atoms with Crippen LogP contribution in [0.3, 0.4) is 0 Å². The molecule has 3 heterocycles. The van der Waals surface area contributed by atoms with Gasteiger partial charge in [-0.15, -0.1) is 0 Å². The van der Waals surface area contributed by atoms with Crippen LogP contribution in [0.15, 0.2) is 72.3 Å². The molecule has 0 aliphatic carbocycles. The summed E-state index contributed by atoms with van der Waals surface area (Å²) in [5.74, 6) is 1.48. The minimum atomic E-state index is 0.117. The minimum Gasteiger partial charge on any atom is -0.363 e. The molecule has 0 spiro atoms. The molecule has 2 aromatic heterocycles. The maximum atomic E-state index is 5.09. The highest BCUT2D eigenvalue weighted by atomic mass is 15.2.